The monoisotopic (exact) mass is 337 g/mol. The van der Waals surface area contributed by atoms with E-state index in [1.165, 1.54) is 12.3 Å². The number of carbonyl (C=O) groups excluding carboxylic acids is 1. The molecule has 6 nitrogen and oxygen atoms in total. The maximum Gasteiger partial charge on any atom is 0.419 e. The first kappa shape index (κ1) is 18.1. The molecule has 3 N–H and O–H groups in total. The SMILES string of the molecule is O=C(O)CSCC(=O)NCCNc1ncccc1C(F)(F)F. The Morgan fingerprint density at radius 3 is 2.64 bits per heavy atom. The van der Waals surface area contributed by atoms with Gasteiger partial charge >= 0.3 is 12.1 Å². The van der Waals surface area contributed by atoms with Gasteiger partial charge in [0.15, 0.2) is 0 Å². The van der Waals surface area contributed by atoms with E-state index in [4.69, 9.17) is 5.11 Å². The minimum Gasteiger partial charge on any atom is -0.481 e. The molecular weight excluding hydrogens is 323 g/mol. The van der Waals surface area contributed by atoms with E-state index >= 15 is 0 Å². The number of carbonyl (C=O) groups is 2. The van der Waals surface area contributed by atoms with Gasteiger partial charge in [0.05, 0.1) is 17.1 Å². The Morgan fingerprint density at radius 2 is 2.00 bits per heavy atom. The fraction of sp³-hybridized carbons (Fsp3) is 0.417. The van der Waals surface area contributed by atoms with Crippen LogP contribution in [0.1, 0.15) is 5.56 Å². The lowest BCUT2D eigenvalue weighted by molar-refractivity contribution is -0.137. The van der Waals surface area contributed by atoms with Gasteiger partial charge in [-0.25, -0.2) is 4.98 Å². The van der Waals surface area contributed by atoms with Crippen molar-refractivity contribution in [2.24, 2.45) is 0 Å². The lowest BCUT2D eigenvalue weighted by Gasteiger charge is -2.13. The second kappa shape index (κ2) is 8.47. The summed E-state index contributed by atoms with van der Waals surface area (Å²) in [5.74, 6) is -1.91. The fourth-order valence-electron chi connectivity index (χ4n) is 1.44. The molecule has 22 heavy (non-hydrogen) atoms. The minimum absolute atomic E-state index is 0.0241. The van der Waals surface area contributed by atoms with Gasteiger partial charge in [0.2, 0.25) is 5.91 Å². The highest BCUT2D eigenvalue weighted by Gasteiger charge is 2.33. The molecule has 0 saturated carbocycles. The second-order valence-corrected chi connectivity index (χ2v) is 5.05. The summed E-state index contributed by atoms with van der Waals surface area (Å²) in [7, 11) is 0. The molecule has 0 aliphatic heterocycles. The predicted octanol–water partition coefficient (Wildman–Crippen LogP) is 1.45. The lowest BCUT2D eigenvalue weighted by atomic mass is 10.2. The van der Waals surface area contributed by atoms with E-state index in [2.05, 4.69) is 15.6 Å². The molecule has 122 valence electrons. The number of carboxylic acid groups (broad SMARTS) is 1. The maximum atomic E-state index is 12.7. The van der Waals surface area contributed by atoms with Crippen molar-refractivity contribution in [1.29, 1.82) is 0 Å². The molecule has 1 aromatic heterocycles. The fourth-order valence-corrected chi connectivity index (χ4v) is 2.00. The summed E-state index contributed by atoms with van der Waals surface area (Å²) in [6.45, 7) is 0.162. The molecule has 0 aliphatic carbocycles. The zero-order chi connectivity index (χ0) is 16.6. The number of halogens is 3. The van der Waals surface area contributed by atoms with Crippen molar-refractivity contribution in [3.63, 3.8) is 0 Å². The molecule has 1 amide bonds. The van der Waals surface area contributed by atoms with Crippen LogP contribution in [0.25, 0.3) is 0 Å². The Kier molecular flexibility index (Phi) is 6.96. The average Bonchev–Trinajstić information content (AvgIpc) is 2.42. The van der Waals surface area contributed by atoms with E-state index < -0.39 is 17.7 Å². The molecule has 1 heterocycles. The van der Waals surface area contributed by atoms with Crippen LogP contribution in [-0.4, -0.2) is 46.6 Å². The minimum atomic E-state index is -4.51. The van der Waals surface area contributed by atoms with Crippen LogP contribution in [0.4, 0.5) is 19.0 Å². The zero-order valence-electron chi connectivity index (χ0n) is 11.3. The largest absolute Gasteiger partial charge is 0.481 e. The quantitative estimate of drug-likeness (QED) is 0.622. The Morgan fingerprint density at radius 1 is 1.27 bits per heavy atom. The number of carboxylic acids is 1. The van der Waals surface area contributed by atoms with Gasteiger partial charge in [0, 0.05) is 19.3 Å². The molecule has 0 saturated heterocycles. The third-order valence-electron chi connectivity index (χ3n) is 2.31. The van der Waals surface area contributed by atoms with Gasteiger partial charge in [-0.05, 0) is 12.1 Å². The van der Waals surface area contributed by atoms with Crippen molar-refractivity contribution in [2.75, 3.05) is 29.9 Å². The Bertz CT molecular complexity index is 526. The molecule has 0 spiro atoms. The van der Waals surface area contributed by atoms with E-state index in [0.29, 0.717) is 0 Å². The maximum absolute atomic E-state index is 12.7. The number of rotatable bonds is 8. The lowest BCUT2D eigenvalue weighted by Crippen LogP contribution is -2.30. The molecule has 0 bridgehead atoms. The van der Waals surface area contributed by atoms with Gasteiger partial charge in [0.25, 0.3) is 0 Å². The van der Waals surface area contributed by atoms with Crippen molar-refractivity contribution in [2.45, 2.75) is 6.18 Å². The third-order valence-corrected chi connectivity index (χ3v) is 3.23. The van der Waals surface area contributed by atoms with Crippen molar-refractivity contribution in [3.05, 3.63) is 23.9 Å². The van der Waals surface area contributed by atoms with E-state index in [0.717, 1.165) is 17.8 Å². The van der Waals surface area contributed by atoms with Crippen LogP contribution >= 0.6 is 11.8 Å². The number of amides is 1. The predicted molar refractivity (Wildman–Crippen MR) is 75.7 cm³/mol. The van der Waals surface area contributed by atoms with Crippen LogP contribution in [0.15, 0.2) is 18.3 Å². The van der Waals surface area contributed by atoms with Gasteiger partial charge in [-0.3, -0.25) is 9.59 Å². The van der Waals surface area contributed by atoms with Crippen molar-refractivity contribution in [1.82, 2.24) is 10.3 Å². The first-order valence-electron chi connectivity index (χ1n) is 6.13. The third kappa shape index (κ3) is 6.66. The smallest absolute Gasteiger partial charge is 0.419 e. The number of thioether (sulfide) groups is 1. The number of pyridine rings is 1. The van der Waals surface area contributed by atoms with E-state index in [1.807, 2.05) is 0 Å². The number of anilines is 1. The average molecular weight is 337 g/mol. The van der Waals surface area contributed by atoms with Crippen LogP contribution in [0, 0.1) is 0 Å². The van der Waals surface area contributed by atoms with Gasteiger partial charge in [-0.2, -0.15) is 13.2 Å². The first-order valence-corrected chi connectivity index (χ1v) is 7.28. The highest BCUT2D eigenvalue weighted by molar-refractivity contribution is 8.00. The van der Waals surface area contributed by atoms with E-state index in [9.17, 15) is 22.8 Å². The van der Waals surface area contributed by atoms with E-state index in [-0.39, 0.29) is 36.3 Å². The second-order valence-electron chi connectivity index (χ2n) is 4.06. The molecule has 0 unspecified atom stereocenters. The van der Waals surface area contributed by atoms with E-state index in [1.54, 1.807) is 0 Å². The normalized spacial score (nSPS) is 11.0. The highest BCUT2D eigenvalue weighted by atomic mass is 32.2. The number of aromatic nitrogens is 1. The summed E-state index contributed by atoms with van der Waals surface area (Å²) < 4.78 is 38.1. The zero-order valence-corrected chi connectivity index (χ0v) is 12.1. The summed E-state index contributed by atoms with van der Waals surface area (Å²) in [6, 6.07) is 2.10. The molecule has 0 aliphatic rings. The topological polar surface area (TPSA) is 91.3 Å². The van der Waals surface area contributed by atoms with Crippen LogP contribution in [0.5, 0.6) is 0 Å². The van der Waals surface area contributed by atoms with Crippen LogP contribution in [0.3, 0.4) is 0 Å². The Balaban J connectivity index is 2.33. The van der Waals surface area contributed by atoms with Crippen LogP contribution < -0.4 is 10.6 Å². The van der Waals surface area contributed by atoms with Gasteiger partial charge < -0.3 is 15.7 Å². The van der Waals surface area contributed by atoms with Crippen molar-refractivity contribution < 1.29 is 27.9 Å². The summed E-state index contributed by atoms with van der Waals surface area (Å²) in [5, 5.41) is 13.4. The molecule has 0 aromatic carbocycles. The van der Waals surface area contributed by atoms with Crippen molar-refractivity contribution in [3.8, 4) is 0 Å². The molecule has 0 fully saturated rings. The summed E-state index contributed by atoms with van der Waals surface area (Å²) in [4.78, 5) is 25.2. The first-order chi connectivity index (χ1) is 10.3. The highest BCUT2D eigenvalue weighted by Crippen LogP contribution is 2.33. The Labute approximate surface area is 128 Å². The summed E-state index contributed by atoms with van der Waals surface area (Å²) >= 11 is 0.937. The van der Waals surface area contributed by atoms with Crippen LogP contribution in [0.2, 0.25) is 0 Å². The molecular formula is C12H14F3N3O3S. The summed E-state index contributed by atoms with van der Waals surface area (Å²) in [5.41, 5.74) is -0.877. The van der Waals surface area contributed by atoms with Crippen molar-refractivity contribution >= 4 is 29.5 Å². The number of alkyl halides is 3. The number of nitrogens with one attached hydrogen (secondary N) is 2. The standard InChI is InChI=1S/C12H14F3N3O3S/c13-12(14,15)8-2-1-3-17-11(8)18-5-4-16-9(19)6-22-7-10(20)21/h1-3H,4-7H2,(H,16,19)(H,17,18)(H,20,21). The molecule has 10 heteroatoms. The molecule has 1 rings (SSSR count). The van der Waals surface area contributed by atoms with Crippen LogP contribution in [-0.2, 0) is 15.8 Å². The van der Waals surface area contributed by atoms with Gasteiger partial charge in [0.1, 0.15) is 5.82 Å². The molecule has 0 radical (unpaired) electrons. The number of hydrogen-bond acceptors (Lipinski definition) is 5. The number of aliphatic carboxylic acids is 1. The summed E-state index contributed by atoms with van der Waals surface area (Å²) in [6.07, 6.45) is -3.27. The van der Waals surface area contributed by atoms with Gasteiger partial charge in [-0.1, -0.05) is 0 Å². The molecule has 0 atom stereocenters. The van der Waals surface area contributed by atoms with Gasteiger partial charge in [-0.15, -0.1) is 11.8 Å². The molecule has 1 aromatic rings. The number of hydrogen-bond donors (Lipinski definition) is 3. The Hall–Kier alpha value is -1.97. The number of nitrogens with zero attached hydrogens (tertiary/aromatic N) is 1.